The zero-order valence-corrected chi connectivity index (χ0v) is 20.6. The van der Waals surface area contributed by atoms with Crippen molar-refractivity contribution >= 4 is 28.9 Å². The Bertz CT molecular complexity index is 1140. The maximum atomic E-state index is 13.2. The number of aromatic nitrogens is 1. The summed E-state index contributed by atoms with van der Waals surface area (Å²) < 4.78 is 50.4. The minimum atomic E-state index is -4.64. The lowest BCUT2D eigenvalue weighted by molar-refractivity contribution is -0.141. The number of carboxylic acids is 1. The fraction of sp³-hybridized carbons (Fsp3) is 0.583. The summed E-state index contributed by atoms with van der Waals surface area (Å²) in [5.74, 6) is -1.01. The number of rotatable bonds is 11. The SMILES string of the molecule is CCCc1c(OCCCN2C(=O)N(C(C)CCC(=O)O)C(C)(C)C2=O)ccc2c(C(F)(F)F)noc12. The maximum Gasteiger partial charge on any atom is 0.437 e. The van der Waals surface area contributed by atoms with E-state index in [1.807, 2.05) is 6.92 Å². The van der Waals surface area contributed by atoms with E-state index in [1.54, 1.807) is 20.8 Å². The van der Waals surface area contributed by atoms with Crippen molar-refractivity contribution in [3.8, 4) is 5.75 Å². The molecule has 2 heterocycles. The van der Waals surface area contributed by atoms with E-state index in [-0.39, 0.29) is 42.9 Å². The predicted octanol–water partition coefficient (Wildman–Crippen LogP) is 4.86. The second-order valence-corrected chi connectivity index (χ2v) is 9.35. The molecule has 1 aliphatic heterocycles. The van der Waals surface area contributed by atoms with Gasteiger partial charge in [-0.1, -0.05) is 18.5 Å². The van der Waals surface area contributed by atoms with Crippen LogP contribution in [0.5, 0.6) is 5.75 Å². The van der Waals surface area contributed by atoms with Gasteiger partial charge in [0.2, 0.25) is 0 Å². The van der Waals surface area contributed by atoms with Gasteiger partial charge in [-0.15, -0.1) is 0 Å². The molecule has 198 valence electrons. The molecule has 9 nitrogen and oxygen atoms in total. The van der Waals surface area contributed by atoms with E-state index in [0.717, 1.165) is 4.90 Å². The van der Waals surface area contributed by atoms with Gasteiger partial charge in [-0.3, -0.25) is 14.5 Å². The standard InChI is InChI=1S/C24H30F3N3O6/c1-5-7-15-17(10-9-16-19(15)36-28-20(16)24(25,26)27)35-13-6-12-29-21(33)23(3,4)30(22(29)34)14(2)8-11-18(31)32/h9-10,14H,5-8,11-13H2,1-4H3,(H,31,32). The number of amides is 3. The lowest BCUT2D eigenvalue weighted by Crippen LogP contribution is -2.49. The number of alkyl halides is 3. The molecule has 1 unspecified atom stereocenters. The summed E-state index contributed by atoms with van der Waals surface area (Å²) in [6.07, 6.45) is -3.20. The number of hydrogen-bond donors (Lipinski definition) is 1. The van der Waals surface area contributed by atoms with Crippen LogP contribution in [0.25, 0.3) is 11.0 Å². The van der Waals surface area contributed by atoms with E-state index in [0.29, 0.717) is 30.6 Å². The van der Waals surface area contributed by atoms with E-state index < -0.39 is 35.5 Å². The van der Waals surface area contributed by atoms with Gasteiger partial charge in [0.15, 0.2) is 11.3 Å². The van der Waals surface area contributed by atoms with Crippen molar-refractivity contribution in [2.24, 2.45) is 0 Å². The number of carbonyl (C=O) groups excluding carboxylic acids is 2. The van der Waals surface area contributed by atoms with E-state index in [2.05, 4.69) is 5.16 Å². The fourth-order valence-corrected chi connectivity index (χ4v) is 4.56. The average Bonchev–Trinajstić information content (AvgIpc) is 3.29. The molecule has 0 saturated carbocycles. The van der Waals surface area contributed by atoms with Gasteiger partial charge in [-0.05, 0) is 52.2 Å². The highest BCUT2D eigenvalue weighted by molar-refractivity contribution is 6.06. The van der Waals surface area contributed by atoms with Gasteiger partial charge >= 0.3 is 18.2 Å². The number of fused-ring (bicyclic) bond motifs is 1. The first-order chi connectivity index (χ1) is 16.8. The molecule has 1 aromatic heterocycles. The quantitative estimate of drug-likeness (QED) is 0.337. The lowest BCUT2D eigenvalue weighted by Gasteiger charge is -2.33. The molecule has 36 heavy (non-hydrogen) atoms. The summed E-state index contributed by atoms with van der Waals surface area (Å²) in [7, 11) is 0. The van der Waals surface area contributed by atoms with Gasteiger partial charge in [0.05, 0.1) is 12.0 Å². The summed E-state index contributed by atoms with van der Waals surface area (Å²) in [5, 5.41) is 12.0. The first kappa shape index (κ1) is 27.3. The summed E-state index contributed by atoms with van der Waals surface area (Å²) in [6.45, 7) is 7.02. The zero-order chi connectivity index (χ0) is 26.8. The fourth-order valence-electron chi connectivity index (χ4n) is 4.56. The number of aliphatic carboxylic acids is 1. The van der Waals surface area contributed by atoms with Gasteiger partial charge in [-0.25, -0.2) is 4.79 Å². The molecule has 1 N–H and O–H groups in total. The Labute approximate surface area is 206 Å². The molecule has 0 aliphatic carbocycles. The number of urea groups is 1. The number of ether oxygens (including phenoxy) is 1. The molecule has 1 atom stereocenters. The average molecular weight is 514 g/mol. The summed E-state index contributed by atoms with van der Waals surface area (Å²) in [5.41, 5.74) is -1.69. The molecule has 0 radical (unpaired) electrons. The Kier molecular flexibility index (Phi) is 7.85. The molecule has 0 bridgehead atoms. The molecule has 3 rings (SSSR count). The van der Waals surface area contributed by atoms with Crippen LogP contribution in [0.1, 0.15) is 64.6 Å². The van der Waals surface area contributed by atoms with Gasteiger partial charge in [0.25, 0.3) is 5.91 Å². The van der Waals surface area contributed by atoms with Gasteiger partial charge in [-0.2, -0.15) is 13.2 Å². The number of imide groups is 1. The molecular formula is C24H30F3N3O6. The Balaban J connectivity index is 1.68. The molecule has 12 heteroatoms. The third-order valence-corrected chi connectivity index (χ3v) is 6.28. The number of aryl methyl sites for hydroxylation is 1. The Morgan fingerprint density at radius 2 is 1.97 bits per heavy atom. The minimum Gasteiger partial charge on any atom is -0.493 e. The van der Waals surface area contributed by atoms with Crippen LogP contribution in [0.15, 0.2) is 16.7 Å². The largest absolute Gasteiger partial charge is 0.493 e. The minimum absolute atomic E-state index is 0.0271. The van der Waals surface area contributed by atoms with Crippen molar-refractivity contribution in [1.82, 2.24) is 15.0 Å². The van der Waals surface area contributed by atoms with Gasteiger partial charge in [0, 0.05) is 24.6 Å². The molecule has 1 aromatic carbocycles. The number of nitrogens with zero attached hydrogens (tertiary/aromatic N) is 3. The van der Waals surface area contributed by atoms with E-state index in [4.69, 9.17) is 14.4 Å². The second-order valence-electron chi connectivity index (χ2n) is 9.35. The molecule has 1 saturated heterocycles. The van der Waals surface area contributed by atoms with E-state index in [9.17, 15) is 27.6 Å². The molecule has 1 aliphatic rings. The van der Waals surface area contributed by atoms with Crippen LogP contribution in [0.4, 0.5) is 18.0 Å². The van der Waals surface area contributed by atoms with Crippen molar-refractivity contribution in [2.45, 2.75) is 77.6 Å². The zero-order valence-electron chi connectivity index (χ0n) is 20.6. The first-order valence-electron chi connectivity index (χ1n) is 11.8. The lowest BCUT2D eigenvalue weighted by atomic mass is 10.0. The number of hydrogen-bond acceptors (Lipinski definition) is 6. The van der Waals surface area contributed by atoms with Crippen LogP contribution in [-0.2, 0) is 22.2 Å². The van der Waals surface area contributed by atoms with Crippen molar-refractivity contribution in [1.29, 1.82) is 0 Å². The number of carboxylic acid groups (broad SMARTS) is 1. The van der Waals surface area contributed by atoms with Crippen LogP contribution >= 0.6 is 0 Å². The van der Waals surface area contributed by atoms with E-state index in [1.165, 1.54) is 17.0 Å². The topological polar surface area (TPSA) is 113 Å². The highest BCUT2D eigenvalue weighted by atomic mass is 19.4. The van der Waals surface area contributed by atoms with E-state index >= 15 is 0 Å². The normalized spacial score (nSPS) is 16.8. The third-order valence-electron chi connectivity index (χ3n) is 6.28. The van der Waals surface area contributed by atoms with Crippen LogP contribution in [0, 0.1) is 0 Å². The molecule has 1 fully saturated rings. The summed E-state index contributed by atoms with van der Waals surface area (Å²) in [6, 6.07) is 1.77. The Morgan fingerprint density at radius 1 is 1.28 bits per heavy atom. The van der Waals surface area contributed by atoms with Gasteiger partial charge in [0.1, 0.15) is 11.3 Å². The highest BCUT2D eigenvalue weighted by Gasteiger charge is 2.52. The predicted molar refractivity (Wildman–Crippen MR) is 122 cm³/mol. The summed E-state index contributed by atoms with van der Waals surface area (Å²) in [4.78, 5) is 39.4. The second kappa shape index (κ2) is 10.4. The summed E-state index contributed by atoms with van der Waals surface area (Å²) >= 11 is 0. The molecular weight excluding hydrogens is 483 g/mol. The third kappa shape index (κ3) is 5.26. The molecule has 0 spiro atoms. The van der Waals surface area contributed by atoms with Crippen LogP contribution in [0.2, 0.25) is 0 Å². The number of benzene rings is 1. The number of carbonyl (C=O) groups is 3. The Hall–Kier alpha value is -3.31. The van der Waals surface area contributed by atoms with Crippen molar-refractivity contribution in [2.75, 3.05) is 13.2 Å². The van der Waals surface area contributed by atoms with Gasteiger partial charge < -0.3 is 19.3 Å². The molecule has 2 aromatic rings. The first-order valence-corrected chi connectivity index (χ1v) is 11.8. The van der Waals surface area contributed by atoms with Crippen molar-refractivity contribution in [3.63, 3.8) is 0 Å². The highest BCUT2D eigenvalue weighted by Crippen LogP contribution is 2.38. The van der Waals surface area contributed by atoms with Crippen LogP contribution in [-0.4, -0.2) is 62.7 Å². The monoisotopic (exact) mass is 513 g/mol. The number of halogens is 3. The van der Waals surface area contributed by atoms with Crippen molar-refractivity contribution < 1.29 is 41.9 Å². The Morgan fingerprint density at radius 3 is 2.58 bits per heavy atom. The smallest absolute Gasteiger partial charge is 0.437 e. The van der Waals surface area contributed by atoms with Crippen LogP contribution < -0.4 is 4.74 Å². The van der Waals surface area contributed by atoms with Crippen LogP contribution in [0.3, 0.4) is 0 Å². The maximum absolute atomic E-state index is 13.2. The molecule has 3 amide bonds. The van der Waals surface area contributed by atoms with Crippen molar-refractivity contribution in [3.05, 3.63) is 23.4 Å².